The number of ether oxygens (including phenoxy) is 1. The van der Waals surface area contributed by atoms with Crippen molar-refractivity contribution in [3.63, 3.8) is 0 Å². The summed E-state index contributed by atoms with van der Waals surface area (Å²) in [5.74, 6) is 0.824. The van der Waals surface area contributed by atoms with Crippen LogP contribution < -0.4 is 5.32 Å². The van der Waals surface area contributed by atoms with Gasteiger partial charge in [0.05, 0.1) is 0 Å². The zero-order valence-electron chi connectivity index (χ0n) is 11.3. The highest BCUT2D eigenvalue weighted by Crippen LogP contribution is 2.43. The Kier molecular flexibility index (Phi) is 6.37. The van der Waals surface area contributed by atoms with Gasteiger partial charge < -0.3 is 10.1 Å². The van der Waals surface area contributed by atoms with Crippen LogP contribution in [0.3, 0.4) is 0 Å². The molecule has 0 aromatic rings. The van der Waals surface area contributed by atoms with Crippen LogP contribution in [-0.4, -0.2) is 26.8 Å². The molecule has 16 heavy (non-hydrogen) atoms. The molecule has 0 radical (unpaired) electrons. The Labute approximate surface area is 101 Å². The summed E-state index contributed by atoms with van der Waals surface area (Å²) in [6, 6.07) is 0. The normalized spacial score (nSPS) is 20.4. The second-order valence-electron chi connectivity index (χ2n) is 5.62. The van der Waals surface area contributed by atoms with Gasteiger partial charge in [0.15, 0.2) is 0 Å². The third kappa shape index (κ3) is 4.42. The second-order valence-corrected chi connectivity index (χ2v) is 5.62. The van der Waals surface area contributed by atoms with Gasteiger partial charge in [-0.2, -0.15) is 0 Å². The summed E-state index contributed by atoms with van der Waals surface area (Å²) in [7, 11) is 1.81. The Morgan fingerprint density at radius 3 is 2.62 bits per heavy atom. The average molecular weight is 227 g/mol. The van der Waals surface area contributed by atoms with Crippen LogP contribution in [0.15, 0.2) is 0 Å². The SMILES string of the molecule is CCCC(C)CNCC1(CCOC)CCC1. The predicted molar refractivity (Wildman–Crippen MR) is 69.7 cm³/mol. The molecule has 1 aliphatic rings. The fraction of sp³-hybridized carbons (Fsp3) is 1.00. The van der Waals surface area contributed by atoms with Crippen LogP contribution in [0.25, 0.3) is 0 Å². The minimum absolute atomic E-state index is 0.571. The minimum atomic E-state index is 0.571. The molecular weight excluding hydrogens is 198 g/mol. The molecule has 1 saturated carbocycles. The van der Waals surface area contributed by atoms with Crippen LogP contribution in [0.2, 0.25) is 0 Å². The summed E-state index contributed by atoms with van der Waals surface area (Å²) < 4.78 is 5.21. The Balaban J connectivity index is 2.13. The average Bonchev–Trinajstić information content (AvgIpc) is 2.21. The molecule has 2 heteroatoms. The van der Waals surface area contributed by atoms with Crippen molar-refractivity contribution in [3.8, 4) is 0 Å². The molecule has 0 spiro atoms. The van der Waals surface area contributed by atoms with Crippen molar-refractivity contribution in [1.82, 2.24) is 5.32 Å². The predicted octanol–water partition coefficient (Wildman–Crippen LogP) is 3.22. The highest BCUT2D eigenvalue weighted by molar-refractivity contribution is 4.89. The fourth-order valence-corrected chi connectivity index (χ4v) is 2.69. The molecule has 1 fully saturated rings. The molecule has 0 aromatic heterocycles. The lowest BCUT2D eigenvalue weighted by Gasteiger charge is -2.42. The molecular formula is C14H29NO. The summed E-state index contributed by atoms with van der Waals surface area (Å²) in [4.78, 5) is 0. The number of hydrogen-bond donors (Lipinski definition) is 1. The lowest BCUT2D eigenvalue weighted by Crippen LogP contribution is -2.41. The van der Waals surface area contributed by atoms with E-state index in [9.17, 15) is 0 Å². The summed E-state index contributed by atoms with van der Waals surface area (Å²) >= 11 is 0. The first-order valence-electron chi connectivity index (χ1n) is 6.92. The van der Waals surface area contributed by atoms with E-state index in [1.807, 2.05) is 7.11 Å². The van der Waals surface area contributed by atoms with Crippen LogP contribution >= 0.6 is 0 Å². The molecule has 0 aliphatic heterocycles. The van der Waals surface area contributed by atoms with E-state index in [-0.39, 0.29) is 0 Å². The molecule has 1 aliphatic carbocycles. The molecule has 0 saturated heterocycles. The molecule has 0 aromatic carbocycles. The zero-order valence-corrected chi connectivity index (χ0v) is 11.3. The van der Waals surface area contributed by atoms with Gasteiger partial charge in [-0.3, -0.25) is 0 Å². The highest BCUT2D eigenvalue weighted by atomic mass is 16.5. The van der Waals surface area contributed by atoms with Crippen molar-refractivity contribution in [2.75, 3.05) is 26.8 Å². The topological polar surface area (TPSA) is 21.3 Å². The summed E-state index contributed by atoms with van der Waals surface area (Å²) in [5, 5.41) is 3.67. The van der Waals surface area contributed by atoms with E-state index < -0.39 is 0 Å². The van der Waals surface area contributed by atoms with Crippen LogP contribution in [0.4, 0.5) is 0 Å². The van der Waals surface area contributed by atoms with Crippen molar-refractivity contribution >= 4 is 0 Å². The highest BCUT2D eigenvalue weighted by Gasteiger charge is 2.35. The molecule has 1 N–H and O–H groups in total. The van der Waals surface area contributed by atoms with Crippen molar-refractivity contribution < 1.29 is 4.74 Å². The molecule has 1 atom stereocenters. The second kappa shape index (κ2) is 7.29. The Morgan fingerprint density at radius 1 is 1.38 bits per heavy atom. The van der Waals surface area contributed by atoms with E-state index in [0.29, 0.717) is 5.41 Å². The van der Waals surface area contributed by atoms with Gasteiger partial charge in [0.25, 0.3) is 0 Å². The molecule has 1 unspecified atom stereocenters. The van der Waals surface area contributed by atoms with Gasteiger partial charge in [0.2, 0.25) is 0 Å². The van der Waals surface area contributed by atoms with Crippen molar-refractivity contribution in [3.05, 3.63) is 0 Å². The maximum absolute atomic E-state index is 5.21. The molecule has 96 valence electrons. The van der Waals surface area contributed by atoms with Gasteiger partial charge >= 0.3 is 0 Å². The van der Waals surface area contributed by atoms with E-state index >= 15 is 0 Å². The smallest absolute Gasteiger partial charge is 0.0468 e. The van der Waals surface area contributed by atoms with E-state index in [2.05, 4.69) is 19.2 Å². The third-order valence-electron chi connectivity index (χ3n) is 4.03. The van der Waals surface area contributed by atoms with Gasteiger partial charge in [-0.05, 0) is 43.6 Å². The van der Waals surface area contributed by atoms with E-state index in [0.717, 1.165) is 12.5 Å². The van der Waals surface area contributed by atoms with Crippen molar-refractivity contribution in [2.45, 2.75) is 52.4 Å². The van der Waals surface area contributed by atoms with Crippen LogP contribution in [0.1, 0.15) is 52.4 Å². The van der Waals surface area contributed by atoms with E-state index in [4.69, 9.17) is 4.74 Å². The van der Waals surface area contributed by atoms with Gasteiger partial charge in [-0.1, -0.05) is 26.7 Å². The largest absolute Gasteiger partial charge is 0.385 e. The number of methoxy groups -OCH3 is 1. The molecule has 0 bridgehead atoms. The Morgan fingerprint density at radius 2 is 2.12 bits per heavy atom. The molecule has 0 heterocycles. The summed E-state index contributed by atoms with van der Waals surface area (Å²) in [6.07, 6.45) is 8.08. The van der Waals surface area contributed by atoms with Gasteiger partial charge in [-0.15, -0.1) is 0 Å². The molecule has 2 nitrogen and oxygen atoms in total. The monoisotopic (exact) mass is 227 g/mol. The van der Waals surface area contributed by atoms with E-state index in [1.165, 1.54) is 51.6 Å². The number of rotatable bonds is 9. The van der Waals surface area contributed by atoms with Crippen molar-refractivity contribution in [1.29, 1.82) is 0 Å². The number of nitrogens with one attached hydrogen (secondary N) is 1. The fourth-order valence-electron chi connectivity index (χ4n) is 2.69. The third-order valence-corrected chi connectivity index (χ3v) is 4.03. The quantitative estimate of drug-likeness (QED) is 0.653. The van der Waals surface area contributed by atoms with Gasteiger partial charge in [0.1, 0.15) is 0 Å². The lowest BCUT2D eigenvalue weighted by molar-refractivity contribution is 0.0684. The first-order chi connectivity index (χ1) is 7.72. The Bertz CT molecular complexity index is 178. The summed E-state index contributed by atoms with van der Waals surface area (Å²) in [5.41, 5.74) is 0.571. The standard InChI is InChI=1S/C14H29NO/c1-4-6-13(2)11-15-12-14(7-5-8-14)9-10-16-3/h13,15H,4-12H2,1-3H3. The van der Waals surface area contributed by atoms with Crippen LogP contribution in [0.5, 0.6) is 0 Å². The molecule has 0 amide bonds. The maximum atomic E-state index is 5.21. The number of hydrogen-bond acceptors (Lipinski definition) is 2. The zero-order chi connectivity index (χ0) is 11.9. The van der Waals surface area contributed by atoms with Gasteiger partial charge in [-0.25, -0.2) is 0 Å². The maximum Gasteiger partial charge on any atom is 0.0468 e. The Hall–Kier alpha value is -0.0800. The molecule has 1 rings (SSSR count). The van der Waals surface area contributed by atoms with Crippen molar-refractivity contribution in [2.24, 2.45) is 11.3 Å². The van der Waals surface area contributed by atoms with Gasteiger partial charge in [0, 0.05) is 20.3 Å². The lowest BCUT2D eigenvalue weighted by atomic mass is 9.66. The first kappa shape index (κ1) is 14.0. The van der Waals surface area contributed by atoms with E-state index in [1.54, 1.807) is 0 Å². The minimum Gasteiger partial charge on any atom is -0.385 e. The first-order valence-corrected chi connectivity index (χ1v) is 6.92. The summed E-state index contributed by atoms with van der Waals surface area (Å²) in [6.45, 7) is 7.92. The van der Waals surface area contributed by atoms with Crippen LogP contribution in [-0.2, 0) is 4.74 Å². The van der Waals surface area contributed by atoms with Crippen LogP contribution in [0, 0.1) is 11.3 Å².